The number of piperidine rings is 1. The highest BCUT2D eigenvalue weighted by Crippen LogP contribution is 2.36. The first-order valence-electron chi connectivity index (χ1n) is 7.81. The molecule has 21 heavy (non-hydrogen) atoms. The Kier molecular flexibility index (Phi) is 5.22. The van der Waals surface area contributed by atoms with Crippen molar-refractivity contribution in [2.45, 2.75) is 38.6 Å². The van der Waals surface area contributed by atoms with Gasteiger partial charge in [-0.15, -0.1) is 0 Å². The van der Waals surface area contributed by atoms with Crippen LogP contribution in [0.15, 0.2) is 0 Å². The number of aliphatic carboxylic acids is 1. The van der Waals surface area contributed by atoms with Gasteiger partial charge in [-0.05, 0) is 26.3 Å². The minimum absolute atomic E-state index is 0.0322. The first-order chi connectivity index (χ1) is 10.0. The summed E-state index contributed by atoms with van der Waals surface area (Å²) in [5, 5.41) is 12.7. The van der Waals surface area contributed by atoms with Crippen molar-refractivity contribution in [2.24, 2.45) is 11.3 Å². The third-order valence-corrected chi connectivity index (χ3v) is 4.84. The highest BCUT2D eigenvalue weighted by Gasteiger charge is 2.45. The van der Waals surface area contributed by atoms with Gasteiger partial charge in [0.05, 0.1) is 24.5 Å². The molecule has 0 spiro atoms. The maximum absolute atomic E-state index is 12.7. The summed E-state index contributed by atoms with van der Waals surface area (Å²) in [6.07, 6.45) is 2.87. The number of rotatable bonds is 5. The van der Waals surface area contributed by atoms with E-state index in [9.17, 15) is 14.7 Å². The Hall–Kier alpha value is -1.14. The van der Waals surface area contributed by atoms with Gasteiger partial charge in [-0.3, -0.25) is 9.59 Å². The van der Waals surface area contributed by atoms with E-state index in [4.69, 9.17) is 4.74 Å². The van der Waals surface area contributed by atoms with E-state index in [2.05, 4.69) is 5.32 Å². The molecule has 1 amide bonds. The zero-order valence-electron chi connectivity index (χ0n) is 12.9. The number of hydrogen-bond donors (Lipinski definition) is 2. The minimum Gasteiger partial charge on any atom is -0.481 e. The molecule has 0 aromatic heterocycles. The van der Waals surface area contributed by atoms with E-state index in [1.807, 2.05) is 14.0 Å². The van der Waals surface area contributed by atoms with E-state index in [1.54, 1.807) is 4.90 Å². The van der Waals surface area contributed by atoms with Crippen molar-refractivity contribution in [3.63, 3.8) is 0 Å². The Bertz CT molecular complexity index is 397. The van der Waals surface area contributed by atoms with Gasteiger partial charge in [-0.1, -0.05) is 13.3 Å². The predicted molar refractivity (Wildman–Crippen MR) is 77.9 cm³/mol. The predicted octanol–water partition coefficient (Wildman–Crippen LogP) is 0.714. The quantitative estimate of drug-likeness (QED) is 0.781. The summed E-state index contributed by atoms with van der Waals surface area (Å²) in [7, 11) is 1.83. The molecule has 0 aliphatic carbocycles. The number of nitrogens with zero attached hydrogens (tertiary/aromatic N) is 1. The molecule has 6 heteroatoms. The molecule has 2 heterocycles. The summed E-state index contributed by atoms with van der Waals surface area (Å²) in [5.41, 5.74) is -0.767. The standard InChI is InChI=1S/C15H26N2O4/c1-3-5-15(14(19)20)6-4-7-17(10-15)13(18)11-8-21-9-12(11)16-2/h11-12,16H,3-10H2,1-2H3,(H,19,20). The van der Waals surface area contributed by atoms with Gasteiger partial charge in [0.2, 0.25) is 5.91 Å². The summed E-state index contributed by atoms with van der Waals surface area (Å²) < 4.78 is 5.39. The molecule has 120 valence electrons. The molecule has 3 unspecified atom stereocenters. The zero-order valence-corrected chi connectivity index (χ0v) is 12.9. The van der Waals surface area contributed by atoms with Crippen molar-refractivity contribution in [2.75, 3.05) is 33.4 Å². The van der Waals surface area contributed by atoms with Crippen molar-refractivity contribution >= 4 is 11.9 Å². The third-order valence-electron chi connectivity index (χ3n) is 4.84. The van der Waals surface area contributed by atoms with Crippen LogP contribution in [-0.2, 0) is 14.3 Å². The molecule has 2 N–H and O–H groups in total. The number of likely N-dealkylation sites (tertiary alicyclic amines) is 1. The highest BCUT2D eigenvalue weighted by atomic mass is 16.5. The number of hydrogen-bond acceptors (Lipinski definition) is 4. The van der Waals surface area contributed by atoms with Crippen LogP contribution < -0.4 is 5.32 Å². The van der Waals surface area contributed by atoms with Crippen molar-refractivity contribution in [3.05, 3.63) is 0 Å². The van der Waals surface area contributed by atoms with Crippen LogP contribution in [0, 0.1) is 11.3 Å². The molecule has 0 bridgehead atoms. The van der Waals surface area contributed by atoms with Gasteiger partial charge < -0.3 is 20.1 Å². The van der Waals surface area contributed by atoms with Gasteiger partial charge in [0, 0.05) is 19.1 Å². The lowest BCUT2D eigenvalue weighted by molar-refractivity contribution is -0.156. The van der Waals surface area contributed by atoms with Crippen LogP contribution in [0.5, 0.6) is 0 Å². The minimum atomic E-state index is -0.769. The van der Waals surface area contributed by atoms with E-state index >= 15 is 0 Å². The van der Waals surface area contributed by atoms with Crippen molar-refractivity contribution < 1.29 is 19.4 Å². The first-order valence-corrected chi connectivity index (χ1v) is 7.81. The summed E-state index contributed by atoms with van der Waals surface area (Å²) in [6, 6.07) is 0.0322. The fourth-order valence-electron chi connectivity index (χ4n) is 3.60. The average Bonchev–Trinajstić information content (AvgIpc) is 2.95. The summed E-state index contributed by atoms with van der Waals surface area (Å²) >= 11 is 0. The second-order valence-corrected chi connectivity index (χ2v) is 6.24. The second-order valence-electron chi connectivity index (χ2n) is 6.24. The lowest BCUT2D eigenvalue weighted by Gasteiger charge is -2.41. The monoisotopic (exact) mass is 298 g/mol. The maximum Gasteiger partial charge on any atom is 0.311 e. The number of amides is 1. The van der Waals surface area contributed by atoms with Crippen LogP contribution in [0.1, 0.15) is 32.6 Å². The van der Waals surface area contributed by atoms with Crippen LogP contribution in [0.25, 0.3) is 0 Å². The van der Waals surface area contributed by atoms with E-state index < -0.39 is 11.4 Å². The number of carboxylic acids is 1. The Morgan fingerprint density at radius 1 is 1.43 bits per heavy atom. The number of nitrogens with one attached hydrogen (secondary N) is 1. The summed E-state index contributed by atoms with van der Waals surface area (Å²) in [5.74, 6) is -0.927. The van der Waals surface area contributed by atoms with Gasteiger partial charge >= 0.3 is 5.97 Å². The Morgan fingerprint density at radius 2 is 2.19 bits per heavy atom. The molecular weight excluding hydrogens is 272 g/mol. The molecule has 0 radical (unpaired) electrons. The second kappa shape index (κ2) is 6.75. The molecule has 3 atom stereocenters. The molecule has 2 saturated heterocycles. The van der Waals surface area contributed by atoms with Gasteiger partial charge in [0.1, 0.15) is 0 Å². The molecule has 6 nitrogen and oxygen atoms in total. The van der Waals surface area contributed by atoms with E-state index in [-0.39, 0.29) is 17.9 Å². The first kappa shape index (κ1) is 16.2. The summed E-state index contributed by atoms with van der Waals surface area (Å²) in [4.78, 5) is 26.1. The lowest BCUT2D eigenvalue weighted by Crippen LogP contribution is -2.53. The van der Waals surface area contributed by atoms with Crippen molar-refractivity contribution in [3.8, 4) is 0 Å². The molecule has 2 rings (SSSR count). The smallest absolute Gasteiger partial charge is 0.311 e. The average molecular weight is 298 g/mol. The van der Waals surface area contributed by atoms with Crippen LogP contribution in [0.2, 0.25) is 0 Å². The van der Waals surface area contributed by atoms with Crippen LogP contribution in [0.3, 0.4) is 0 Å². The van der Waals surface area contributed by atoms with Gasteiger partial charge in [0.15, 0.2) is 0 Å². The number of carboxylic acid groups (broad SMARTS) is 1. The number of likely N-dealkylation sites (N-methyl/N-ethyl adjacent to an activating group) is 1. The highest BCUT2D eigenvalue weighted by molar-refractivity contribution is 5.82. The van der Waals surface area contributed by atoms with Crippen molar-refractivity contribution in [1.29, 1.82) is 0 Å². The Morgan fingerprint density at radius 3 is 2.81 bits per heavy atom. The fraction of sp³-hybridized carbons (Fsp3) is 0.867. The molecule has 0 saturated carbocycles. The normalized spacial score (nSPS) is 33.1. The molecule has 2 aliphatic rings. The third kappa shape index (κ3) is 3.21. The topological polar surface area (TPSA) is 78.9 Å². The van der Waals surface area contributed by atoms with E-state index in [0.717, 1.165) is 12.8 Å². The molecule has 0 aromatic carbocycles. The lowest BCUT2D eigenvalue weighted by atomic mass is 9.76. The van der Waals surface area contributed by atoms with Crippen LogP contribution in [-0.4, -0.2) is 61.3 Å². The zero-order chi connectivity index (χ0) is 15.5. The van der Waals surface area contributed by atoms with E-state index in [1.165, 1.54) is 0 Å². The number of carbonyl (C=O) groups is 2. The SMILES string of the molecule is CCCC1(C(=O)O)CCCN(C(=O)C2COCC2NC)C1. The van der Waals surface area contributed by atoms with Gasteiger partial charge in [0.25, 0.3) is 0 Å². The van der Waals surface area contributed by atoms with Crippen molar-refractivity contribution in [1.82, 2.24) is 10.2 Å². The Balaban J connectivity index is 2.09. The fourth-order valence-corrected chi connectivity index (χ4v) is 3.60. The summed E-state index contributed by atoms with van der Waals surface area (Å²) in [6.45, 7) is 3.95. The Labute approximate surface area is 125 Å². The van der Waals surface area contributed by atoms with Gasteiger partial charge in [-0.2, -0.15) is 0 Å². The van der Waals surface area contributed by atoms with Crippen LogP contribution in [0.4, 0.5) is 0 Å². The number of ether oxygens (including phenoxy) is 1. The maximum atomic E-state index is 12.7. The number of carbonyl (C=O) groups excluding carboxylic acids is 1. The molecule has 0 aromatic rings. The molecule has 2 fully saturated rings. The van der Waals surface area contributed by atoms with Crippen LogP contribution >= 0.6 is 0 Å². The van der Waals surface area contributed by atoms with E-state index in [0.29, 0.717) is 39.1 Å². The molecule has 2 aliphatic heterocycles. The van der Waals surface area contributed by atoms with Gasteiger partial charge in [-0.25, -0.2) is 0 Å². The largest absolute Gasteiger partial charge is 0.481 e. The molecular formula is C15H26N2O4.